The van der Waals surface area contributed by atoms with Crippen LogP contribution in [-0.2, 0) is 19.2 Å². The summed E-state index contributed by atoms with van der Waals surface area (Å²) in [6.07, 6.45) is 0. The molecule has 0 spiro atoms. The van der Waals surface area contributed by atoms with E-state index in [0.717, 1.165) is 0 Å². The number of nitrogens with one attached hydrogen (secondary N) is 3. The fourth-order valence-electron chi connectivity index (χ4n) is 0.735. The largest absolute Gasteiger partial charge is 0.474 e. The van der Waals surface area contributed by atoms with Gasteiger partial charge in [-0.1, -0.05) is 0 Å². The quantitative estimate of drug-likeness (QED) is 0.264. The van der Waals surface area contributed by atoms with Crippen molar-refractivity contribution >= 4 is 36.3 Å². The first-order chi connectivity index (χ1) is 7.97. The minimum absolute atomic E-state index is 0.241. The summed E-state index contributed by atoms with van der Waals surface area (Å²) in [5.41, 5.74) is 0. The van der Waals surface area contributed by atoms with Crippen molar-refractivity contribution in [2.24, 2.45) is 0 Å². The molecule has 0 aliphatic carbocycles. The Hall–Kier alpha value is -1.77. The second-order valence-electron chi connectivity index (χ2n) is 2.84. The van der Waals surface area contributed by atoms with E-state index in [2.05, 4.69) is 23.3 Å². The van der Waals surface area contributed by atoms with Gasteiger partial charge in [-0.15, -0.1) is 0 Å². The molecule has 0 aliphatic rings. The van der Waals surface area contributed by atoms with Crippen LogP contribution in [0.1, 0.15) is 0 Å². The van der Waals surface area contributed by atoms with Gasteiger partial charge in [-0.2, -0.15) is 12.6 Å². The molecule has 0 aromatic rings. The first-order valence-corrected chi connectivity index (χ1v) is 5.26. The Labute approximate surface area is 103 Å². The third kappa shape index (κ3) is 8.08. The molecule has 17 heavy (non-hydrogen) atoms. The molecule has 0 rings (SSSR count). The van der Waals surface area contributed by atoms with E-state index in [0.29, 0.717) is 12.3 Å². The number of hydrogen-bond acceptors (Lipinski definition) is 5. The van der Waals surface area contributed by atoms with Gasteiger partial charge in [-0.3, -0.25) is 14.4 Å². The molecule has 96 valence electrons. The molecule has 0 saturated heterocycles. The second-order valence-corrected chi connectivity index (χ2v) is 3.29. The third-order valence-corrected chi connectivity index (χ3v) is 1.71. The fraction of sp³-hybridized carbons (Fsp3) is 0.500. The van der Waals surface area contributed by atoms with Gasteiger partial charge in [0.2, 0.25) is 11.8 Å². The van der Waals surface area contributed by atoms with Crippen molar-refractivity contribution in [3.63, 3.8) is 0 Å². The first kappa shape index (κ1) is 15.2. The molecule has 0 unspecified atom stereocenters. The van der Waals surface area contributed by atoms with Gasteiger partial charge in [0.05, 0.1) is 13.1 Å². The van der Waals surface area contributed by atoms with Crippen molar-refractivity contribution < 1.29 is 24.3 Å². The van der Waals surface area contributed by atoms with Gasteiger partial charge in [0, 0.05) is 12.3 Å². The van der Waals surface area contributed by atoms with Crippen molar-refractivity contribution in [2.75, 3.05) is 25.4 Å². The zero-order valence-corrected chi connectivity index (χ0v) is 9.75. The van der Waals surface area contributed by atoms with Crippen LogP contribution in [0, 0.1) is 0 Å². The summed E-state index contributed by atoms with van der Waals surface area (Å²) < 4.78 is 0. The van der Waals surface area contributed by atoms with Crippen LogP contribution < -0.4 is 16.0 Å². The topological polar surface area (TPSA) is 125 Å². The van der Waals surface area contributed by atoms with Gasteiger partial charge in [0.25, 0.3) is 0 Å². The maximum absolute atomic E-state index is 11.0. The number of aliphatic carboxylic acids is 1. The van der Waals surface area contributed by atoms with Gasteiger partial charge in [0.15, 0.2) is 0 Å². The van der Waals surface area contributed by atoms with Gasteiger partial charge in [0.1, 0.15) is 0 Å². The van der Waals surface area contributed by atoms with E-state index in [1.54, 1.807) is 0 Å². The van der Waals surface area contributed by atoms with Crippen LogP contribution in [0.5, 0.6) is 0 Å². The van der Waals surface area contributed by atoms with Gasteiger partial charge >= 0.3 is 11.9 Å². The standard InChI is InChI=1S/C8H13N3O5S/c12-5(9-1-2-17)3-10-6(13)4-11-7(14)8(15)16/h17H,1-4H2,(H,9,12)(H,10,13)(H,11,14)(H,15,16). The van der Waals surface area contributed by atoms with Crippen molar-refractivity contribution in [1.29, 1.82) is 0 Å². The lowest BCUT2D eigenvalue weighted by Gasteiger charge is -2.05. The Morgan fingerprint density at radius 1 is 0.941 bits per heavy atom. The molecule has 0 radical (unpaired) electrons. The molecule has 0 fully saturated rings. The Balaban J connectivity index is 3.69. The van der Waals surface area contributed by atoms with E-state index in [1.165, 1.54) is 0 Å². The average molecular weight is 263 g/mol. The molecule has 4 N–H and O–H groups in total. The highest BCUT2D eigenvalue weighted by atomic mass is 32.1. The number of carbonyl (C=O) groups is 4. The smallest absolute Gasteiger partial charge is 0.394 e. The van der Waals surface area contributed by atoms with E-state index in [1.807, 2.05) is 5.32 Å². The lowest BCUT2D eigenvalue weighted by Crippen LogP contribution is -2.43. The molecule has 0 aromatic heterocycles. The van der Waals surface area contributed by atoms with Gasteiger partial charge in [-0.25, -0.2) is 4.79 Å². The van der Waals surface area contributed by atoms with Crippen molar-refractivity contribution in [1.82, 2.24) is 16.0 Å². The van der Waals surface area contributed by atoms with Crippen LogP contribution >= 0.6 is 12.6 Å². The number of amides is 3. The monoisotopic (exact) mass is 263 g/mol. The zero-order chi connectivity index (χ0) is 13.3. The van der Waals surface area contributed by atoms with Crippen LogP contribution in [0.2, 0.25) is 0 Å². The lowest BCUT2D eigenvalue weighted by molar-refractivity contribution is -0.150. The Morgan fingerprint density at radius 3 is 2.00 bits per heavy atom. The Morgan fingerprint density at radius 2 is 1.47 bits per heavy atom. The molecule has 0 aromatic carbocycles. The first-order valence-electron chi connectivity index (χ1n) is 4.62. The number of carboxylic acid groups (broad SMARTS) is 1. The highest BCUT2D eigenvalue weighted by molar-refractivity contribution is 7.80. The summed E-state index contributed by atoms with van der Waals surface area (Å²) >= 11 is 3.87. The van der Waals surface area contributed by atoms with Crippen LogP contribution in [0.25, 0.3) is 0 Å². The predicted molar refractivity (Wildman–Crippen MR) is 60.5 cm³/mol. The molecule has 0 saturated carbocycles. The maximum atomic E-state index is 11.0. The Kier molecular flexibility index (Phi) is 7.52. The average Bonchev–Trinajstić information content (AvgIpc) is 2.30. The number of rotatable bonds is 6. The number of hydrogen-bond donors (Lipinski definition) is 5. The van der Waals surface area contributed by atoms with E-state index in [4.69, 9.17) is 5.11 Å². The van der Waals surface area contributed by atoms with Crippen LogP contribution in [0.15, 0.2) is 0 Å². The molecule has 3 amide bonds. The minimum Gasteiger partial charge on any atom is -0.474 e. The summed E-state index contributed by atoms with van der Waals surface area (Å²) in [4.78, 5) is 42.7. The molecule has 0 bridgehead atoms. The maximum Gasteiger partial charge on any atom is 0.394 e. The fourth-order valence-corrected chi connectivity index (χ4v) is 0.847. The van der Waals surface area contributed by atoms with Crippen LogP contribution in [0.4, 0.5) is 0 Å². The molecular formula is C8H13N3O5S. The normalized spacial score (nSPS) is 9.24. The highest BCUT2D eigenvalue weighted by Crippen LogP contribution is 1.72. The van der Waals surface area contributed by atoms with E-state index >= 15 is 0 Å². The van der Waals surface area contributed by atoms with E-state index < -0.39 is 30.2 Å². The van der Waals surface area contributed by atoms with Crippen LogP contribution in [0.3, 0.4) is 0 Å². The molecule has 0 aliphatic heterocycles. The minimum atomic E-state index is -1.68. The molecule has 0 atom stereocenters. The van der Waals surface area contributed by atoms with Gasteiger partial charge < -0.3 is 21.1 Å². The molecule has 0 heterocycles. The summed E-state index contributed by atoms with van der Waals surface area (Å²) in [6, 6.07) is 0. The summed E-state index contributed by atoms with van der Waals surface area (Å²) in [5.74, 6) is -3.52. The third-order valence-electron chi connectivity index (χ3n) is 1.48. The zero-order valence-electron chi connectivity index (χ0n) is 8.86. The van der Waals surface area contributed by atoms with Crippen molar-refractivity contribution in [2.45, 2.75) is 0 Å². The van der Waals surface area contributed by atoms with E-state index in [9.17, 15) is 19.2 Å². The van der Waals surface area contributed by atoms with Crippen molar-refractivity contribution in [3.05, 3.63) is 0 Å². The highest BCUT2D eigenvalue weighted by Gasteiger charge is 2.12. The molecule has 8 nitrogen and oxygen atoms in total. The van der Waals surface area contributed by atoms with Crippen molar-refractivity contribution in [3.8, 4) is 0 Å². The Bertz CT molecular complexity index is 320. The van der Waals surface area contributed by atoms with E-state index in [-0.39, 0.29) is 6.54 Å². The summed E-state index contributed by atoms with van der Waals surface area (Å²) in [6.45, 7) is -0.353. The van der Waals surface area contributed by atoms with Gasteiger partial charge in [-0.05, 0) is 0 Å². The predicted octanol–water partition coefficient (Wildman–Crippen LogP) is -2.65. The SMILES string of the molecule is O=C(CNC(=O)CNC(=O)C(=O)O)NCCS. The lowest BCUT2D eigenvalue weighted by atomic mass is 10.5. The number of carbonyl (C=O) groups excluding carboxylic acids is 3. The number of thiol groups is 1. The van der Waals surface area contributed by atoms with Crippen LogP contribution in [-0.4, -0.2) is 54.2 Å². The molecular weight excluding hydrogens is 250 g/mol. The molecule has 9 heteroatoms. The number of carboxylic acids is 1. The summed E-state index contributed by atoms with van der Waals surface area (Å²) in [7, 11) is 0. The second kappa shape index (κ2) is 8.39. The summed E-state index contributed by atoms with van der Waals surface area (Å²) in [5, 5.41) is 14.7.